The molecular formula is C21H21N5OS. The fourth-order valence-corrected chi connectivity index (χ4v) is 3.94. The minimum atomic E-state index is 0.0597. The molecule has 0 bridgehead atoms. The Bertz CT molecular complexity index is 1100. The molecule has 2 aromatic carbocycles. The van der Waals surface area contributed by atoms with Crippen molar-refractivity contribution >= 4 is 28.7 Å². The number of para-hydroxylation sites is 3. The molecule has 0 aliphatic rings. The van der Waals surface area contributed by atoms with Gasteiger partial charge in [-0.05, 0) is 24.3 Å². The topological polar surface area (TPSA) is 56.0 Å². The lowest BCUT2D eigenvalue weighted by Crippen LogP contribution is -2.27. The molecule has 4 rings (SSSR count). The number of benzene rings is 2. The summed E-state index contributed by atoms with van der Waals surface area (Å²) in [7, 11) is 3.79. The zero-order valence-corrected chi connectivity index (χ0v) is 16.6. The molecule has 6 nitrogen and oxygen atoms in total. The van der Waals surface area contributed by atoms with E-state index in [0.29, 0.717) is 12.3 Å². The van der Waals surface area contributed by atoms with Gasteiger partial charge in [0.15, 0.2) is 5.16 Å². The van der Waals surface area contributed by atoms with Crippen molar-refractivity contribution in [3.05, 3.63) is 72.6 Å². The Morgan fingerprint density at radius 3 is 2.64 bits per heavy atom. The van der Waals surface area contributed by atoms with E-state index in [2.05, 4.69) is 10.1 Å². The van der Waals surface area contributed by atoms with Gasteiger partial charge in [-0.15, -0.1) is 0 Å². The summed E-state index contributed by atoms with van der Waals surface area (Å²) < 4.78 is 3.85. The number of thioether (sulfide) groups is 1. The van der Waals surface area contributed by atoms with Crippen molar-refractivity contribution in [1.29, 1.82) is 0 Å². The Labute approximate surface area is 167 Å². The highest BCUT2D eigenvalue weighted by molar-refractivity contribution is 7.99. The molecule has 1 amide bonds. The summed E-state index contributed by atoms with van der Waals surface area (Å²) in [6.45, 7) is 0.523. The smallest absolute Gasteiger partial charge is 0.233 e. The van der Waals surface area contributed by atoms with Crippen molar-refractivity contribution in [2.24, 2.45) is 7.05 Å². The highest BCUT2D eigenvalue weighted by Crippen LogP contribution is 2.23. The molecule has 0 saturated heterocycles. The largest absolute Gasteiger partial charge is 0.341 e. The summed E-state index contributed by atoms with van der Waals surface area (Å²) in [6.07, 6.45) is 3.76. The van der Waals surface area contributed by atoms with Crippen LogP contribution in [-0.2, 0) is 18.4 Å². The van der Waals surface area contributed by atoms with Crippen LogP contribution < -0.4 is 0 Å². The van der Waals surface area contributed by atoms with Crippen LogP contribution in [0.5, 0.6) is 0 Å². The summed E-state index contributed by atoms with van der Waals surface area (Å²) in [4.78, 5) is 18.9. The number of carbonyl (C=O) groups excluding carboxylic acids is 1. The molecule has 0 aliphatic heterocycles. The van der Waals surface area contributed by atoms with Gasteiger partial charge in [-0.2, -0.15) is 5.10 Å². The number of hydrogen-bond acceptors (Lipinski definition) is 4. The first-order valence-corrected chi connectivity index (χ1v) is 9.97. The summed E-state index contributed by atoms with van der Waals surface area (Å²) in [6, 6.07) is 17.9. The predicted octanol–water partition coefficient (Wildman–Crippen LogP) is 3.51. The van der Waals surface area contributed by atoms with Gasteiger partial charge < -0.3 is 9.47 Å². The molecule has 0 spiro atoms. The third kappa shape index (κ3) is 3.80. The minimum absolute atomic E-state index is 0.0597. The van der Waals surface area contributed by atoms with Crippen molar-refractivity contribution < 1.29 is 4.79 Å². The summed E-state index contributed by atoms with van der Waals surface area (Å²) in [5, 5.41) is 5.24. The van der Waals surface area contributed by atoms with Crippen molar-refractivity contribution in [3.63, 3.8) is 0 Å². The molecule has 0 aliphatic carbocycles. The molecule has 0 fully saturated rings. The van der Waals surface area contributed by atoms with Crippen LogP contribution in [0.15, 0.2) is 72.1 Å². The SMILES string of the molecule is CN(Cc1cnn(-c2ccccc2)c1)C(=O)CSc1nc2ccccc2n1C. The first-order valence-electron chi connectivity index (χ1n) is 8.99. The minimum Gasteiger partial charge on any atom is -0.341 e. The van der Waals surface area contributed by atoms with Gasteiger partial charge in [0, 0.05) is 32.4 Å². The Morgan fingerprint density at radius 1 is 1.11 bits per heavy atom. The number of hydrogen-bond donors (Lipinski definition) is 0. The molecule has 0 atom stereocenters. The molecular weight excluding hydrogens is 370 g/mol. The molecule has 28 heavy (non-hydrogen) atoms. The number of rotatable bonds is 6. The molecule has 0 saturated carbocycles. The second kappa shape index (κ2) is 7.90. The fourth-order valence-electron chi connectivity index (χ4n) is 3.01. The van der Waals surface area contributed by atoms with Gasteiger partial charge in [0.1, 0.15) is 0 Å². The second-order valence-corrected chi connectivity index (χ2v) is 7.55. The van der Waals surface area contributed by atoms with Crippen LogP contribution in [0, 0.1) is 0 Å². The highest BCUT2D eigenvalue weighted by atomic mass is 32.2. The van der Waals surface area contributed by atoms with Crippen LogP contribution in [-0.4, -0.2) is 42.9 Å². The van der Waals surface area contributed by atoms with Gasteiger partial charge in [0.05, 0.1) is 28.7 Å². The molecule has 4 aromatic rings. The lowest BCUT2D eigenvalue weighted by Gasteiger charge is -2.15. The maximum Gasteiger partial charge on any atom is 0.233 e. The van der Waals surface area contributed by atoms with Crippen molar-refractivity contribution in [2.45, 2.75) is 11.7 Å². The Kier molecular flexibility index (Phi) is 5.16. The number of imidazole rings is 1. The number of fused-ring (bicyclic) bond motifs is 1. The molecule has 7 heteroatoms. The first-order chi connectivity index (χ1) is 13.6. The zero-order chi connectivity index (χ0) is 19.5. The van der Waals surface area contributed by atoms with Crippen molar-refractivity contribution in [3.8, 4) is 5.69 Å². The molecule has 2 heterocycles. The van der Waals surface area contributed by atoms with E-state index in [-0.39, 0.29) is 5.91 Å². The van der Waals surface area contributed by atoms with Gasteiger partial charge in [0.25, 0.3) is 0 Å². The van der Waals surface area contributed by atoms with E-state index in [4.69, 9.17) is 0 Å². The third-order valence-electron chi connectivity index (χ3n) is 4.57. The van der Waals surface area contributed by atoms with E-state index in [1.165, 1.54) is 11.8 Å². The predicted molar refractivity (Wildman–Crippen MR) is 111 cm³/mol. The number of amides is 1. The Hall–Kier alpha value is -3.06. The van der Waals surface area contributed by atoms with E-state index < -0.39 is 0 Å². The summed E-state index contributed by atoms with van der Waals surface area (Å²) in [5.74, 6) is 0.407. The van der Waals surface area contributed by atoms with Gasteiger partial charge in [0.2, 0.25) is 5.91 Å². The van der Waals surface area contributed by atoms with Gasteiger partial charge >= 0.3 is 0 Å². The summed E-state index contributed by atoms with van der Waals surface area (Å²) in [5.41, 5.74) is 4.01. The van der Waals surface area contributed by atoms with Gasteiger partial charge in [-0.3, -0.25) is 4.79 Å². The van der Waals surface area contributed by atoms with Crippen LogP contribution in [0.25, 0.3) is 16.7 Å². The molecule has 142 valence electrons. The standard InChI is InChI=1S/C21H21N5OS/c1-24(13-16-12-22-26(14-16)17-8-4-3-5-9-17)20(27)15-28-21-23-18-10-6-7-11-19(18)25(21)2/h3-12,14H,13,15H2,1-2H3. The fraction of sp³-hybridized carbons (Fsp3) is 0.190. The third-order valence-corrected chi connectivity index (χ3v) is 5.59. The second-order valence-electron chi connectivity index (χ2n) is 6.61. The van der Waals surface area contributed by atoms with E-state index in [1.54, 1.807) is 11.1 Å². The maximum absolute atomic E-state index is 12.6. The molecule has 0 unspecified atom stereocenters. The normalized spacial score (nSPS) is 11.1. The highest BCUT2D eigenvalue weighted by Gasteiger charge is 2.14. The Morgan fingerprint density at radius 2 is 1.86 bits per heavy atom. The number of nitrogens with zero attached hydrogens (tertiary/aromatic N) is 5. The van der Waals surface area contributed by atoms with Crippen LogP contribution in [0.2, 0.25) is 0 Å². The molecule has 0 radical (unpaired) electrons. The van der Waals surface area contributed by atoms with Crippen LogP contribution in [0.4, 0.5) is 0 Å². The lowest BCUT2D eigenvalue weighted by molar-refractivity contribution is -0.127. The number of aromatic nitrogens is 4. The van der Waals surface area contributed by atoms with Crippen LogP contribution in [0.1, 0.15) is 5.56 Å². The molecule has 2 aromatic heterocycles. The average Bonchev–Trinajstić information content (AvgIpc) is 3.32. The van der Waals surface area contributed by atoms with Crippen LogP contribution in [0.3, 0.4) is 0 Å². The lowest BCUT2D eigenvalue weighted by atomic mass is 10.3. The monoisotopic (exact) mass is 391 g/mol. The quantitative estimate of drug-likeness (QED) is 0.472. The number of aryl methyl sites for hydroxylation is 1. The van der Waals surface area contributed by atoms with Gasteiger partial charge in [-0.25, -0.2) is 9.67 Å². The maximum atomic E-state index is 12.6. The zero-order valence-electron chi connectivity index (χ0n) is 15.8. The van der Waals surface area contributed by atoms with E-state index in [0.717, 1.165) is 27.4 Å². The first kappa shape index (κ1) is 18.3. The van der Waals surface area contributed by atoms with Crippen molar-refractivity contribution in [2.75, 3.05) is 12.8 Å². The van der Waals surface area contributed by atoms with Crippen molar-refractivity contribution in [1.82, 2.24) is 24.2 Å². The average molecular weight is 392 g/mol. The summed E-state index contributed by atoms with van der Waals surface area (Å²) >= 11 is 1.46. The van der Waals surface area contributed by atoms with E-state index >= 15 is 0 Å². The Balaban J connectivity index is 1.37. The number of carbonyl (C=O) groups is 1. The van der Waals surface area contributed by atoms with Gasteiger partial charge in [-0.1, -0.05) is 42.1 Å². The molecule has 0 N–H and O–H groups in total. The van der Waals surface area contributed by atoms with E-state index in [1.807, 2.05) is 84.1 Å². The van der Waals surface area contributed by atoms with E-state index in [9.17, 15) is 4.79 Å². The van der Waals surface area contributed by atoms with Crippen LogP contribution >= 0.6 is 11.8 Å².